The highest BCUT2D eigenvalue weighted by Gasteiger charge is 2.22. The van der Waals surface area contributed by atoms with Gasteiger partial charge in [0.15, 0.2) is 0 Å². The lowest BCUT2D eigenvalue weighted by Gasteiger charge is -2.36. The molecule has 1 aromatic heterocycles. The van der Waals surface area contributed by atoms with Crippen LogP contribution < -0.4 is 10.1 Å². The molecule has 33 heavy (non-hydrogen) atoms. The third kappa shape index (κ3) is 5.80. The van der Waals surface area contributed by atoms with E-state index < -0.39 is 0 Å². The first kappa shape index (κ1) is 23.0. The van der Waals surface area contributed by atoms with Crippen molar-refractivity contribution in [3.63, 3.8) is 0 Å². The van der Waals surface area contributed by atoms with Gasteiger partial charge in [0.05, 0.1) is 19.2 Å². The Kier molecular flexibility index (Phi) is 7.42. The zero-order valence-electron chi connectivity index (χ0n) is 19.7. The first-order valence-electron chi connectivity index (χ1n) is 11.5. The number of nitrogens with one attached hydrogen (secondary N) is 1. The van der Waals surface area contributed by atoms with Gasteiger partial charge in [-0.05, 0) is 31.7 Å². The molecule has 1 saturated heterocycles. The Bertz CT molecular complexity index is 1060. The van der Waals surface area contributed by atoms with Crippen LogP contribution in [0, 0.1) is 0 Å². The maximum absolute atomic E-state index is 13.3. The molecule has 0 spiro atoms. The van der Waals surface area contributed by atoms with Crippen LogP contribution in [0.1, 0.15) is 22.8 Å². The molecule has 7 heteroatoms. The van der Waals surface area contributed by atoms with Gasteiger partial charge in [0.1, 0.15) is 11.4 Å². The molecule has 1 aliphatic heterocycles. The summed E-state index contributed by atoms with van der Waals surface area (Å²) in [7, 11) is 3.79. The minimum absolute atomic E-state index is 0.104. The van der Waals surface area contributed by atoms with Crippen LogP contribution in [0.5, 0.6) is 5.75 Å². The summed E-state index contributed by atoms with van der Waals surface area (Å²) in [5.74, 6) is 0.633. The number of hydrogen-bond donors (Lipinski definition) is 1. The first-order valence-corrected chi connectivity index (χ1v) is 11.5. The molecule has 0 radical (unpaired) electrons. The number of likely N-dealkylation sites (N-methyl/N-ethyl adjacent to an activating group) is 1. The lowest BCUT2D eigenvalue weighted by molar-refractivity contribution is 0.0904. The van der Waals surface area contributed by atoms with Gasteiger partial charge in [-0.3, -0.25) is 14.4 Å². The minimum Gasteiger partial charge on any atom is -0.497 e. The van der Waals surface area contributed by atoms with E-state index in [1.54, 1.807) is 7.11 Å². The molecule has 174 valence electrons. The predicted molar refractivity (Wildman–Crippen MR) is 131 cm³/mol. The Hall–Kier alpha value is -3.16. The van der Waals surface area contributed by atoms with Crippen molar-refractivity contribution in [1.29, 1.82) is 0 Å². The summed E-state index contributed by atoms with van der Waals surface area (Å²) in [4.78, 5) is 18.0. The standard InChI is InChI=1S/C26H33N5O2/c1-20(30-14-12-29(2)13-15-30)17-27-26(32)24-19-31(18-21-8-5-4-6-9-21)28-25(24)22-10-7-11-23(16-22)33-3/h4-11,16,19-20H,12-15,17-18H2,1-3H3,(H,27,32). The van der Waals surface area contributed by atoms with Crippen LogP contribution in [-0.2, 0) is 6.54 Å². The summed E-state index contributed by atoms with van der Waals surface area (Å²) >= 11 is 0. The second-order valence-electron chi connectivity index (χ2n) is 8.70. The zero-order valence-corrected chi connectivity index (χ0v) is 19.7. The number of piperazine rings is 1. The molecular formula is C26H33N5O2. The second-order valence-corrected chi connectivity index (χ2v) is 8.70. The van der Waals surface area contributed by atoms with Gasteiger partial charge in [-0.1, -0.05) is 42.5 Å². The van der Waals surface area contributed by atoms with E-state index in [1.165, 1.54) is 0 Å². The molecule has 1 N–H and O–H groups in total. The number of nitrogens with zero attached hydrogens (tertiary/aromatic N) is 4. The fourth-order valence-corrected chi connectivity index (χ4v) is 4.15. The third-order valence-corrected chi connectivity index (χ3v) is 6.26. The molecular weight excluding hydrogens is 414 g/mol. The maximum Gasteiger partial charge on any atom is 0.255 e. The van der Waals surface area contributed by atoms with Gasteiger partial charge in [0.25, 0.3) is 5.91 Å². The van der Waals surface area contributed by atoms with Crippen molar-refractivity contribution >= 4 is 5.91 Å². The molecule has 3 aromatic rings. The molecule has 1 fully saturated rings. The quantitative estimate of drug-likeness (QED) is 0.575. The van der Waals surface area contributed by atoms with Crippen LogP contribution in [-0.4, -0.2) is 78.4 Å². The number of carbonyl (C=O) groups is 1. The number of methoxy groups -OCH3 is 1. The lowest BCUT2D eigenvalue weighted by Crippen LogP contribution is -2.51. The number of hydrogen-bond acceptors (Lipinski definition) is 5. The third-order valence-electron chi connectivity index (χ3n) is 6.26. The van der Waals surface area contributed by atoms with Crippen molar-refractivity contribution in [2.75, 3.05) is 46.9 Å². The van der Waals surface area contributed by atoms with Crippen LogP contribution in [0.2, 0.25) is 0 Å². The van der Waals surface area contributed by atoms with E-state index in [1.807, 2.05) is 53.3 Å². The molecule has 2 heterocycles. The van der Waals surface area contributed by atoms with Crippen molar-refractivity contribution in [3.8, 4) is 17.0 Å². The predicted octanol–water partition coefficient (Wildman–Crippen LogP) is 2.97. The van der Waals surface area contributed by atoms with Crippen LogP contribution in [0.3, 0.4) is 0 Å². The first-order chi connectivity index (χ1) is 16.0. The van der Waals surface area contributed by atoms with Gasteiger partial charge in [-0.15, -0.1) is 0 Å². The Morgan fingerprint density at radius 3 is 2.58 bits per heavy atom. The number of benzene rings is 2. The number of aromatic nitrogens is 2. The number of rotatable bonds is 8. The normalized spacial score (nSPS) is 15.8. The summed E-state index contributed by atoms with van der Waals surface area (Å²) < 4.78 is 7.23. The van der Waals surface area contributed by atoms with E-state index in [9.17, 15) is 4.79 Å². The van der Waals surface area contributed by atoms with E-state index in [-0.39, 0.29) is 11.9 Å². The van der Waals surface area contributed by atoms with Gasteiger partial charge >= 0.3 is 0 Å². The van der Waals surface area contributed by atoms with E-state index in [2.05, 4.69) is 41.2 Å². The second kappa shape index (κ2) is 10.6. The molecule has 1 aliphatic rings. The zero-order chi connectivity index (χ0) is 23.2. The fourth-order valence-electron chi connectivity index (χ4n) is 4.15. The van der Waals surface area contributed by atoms with E-state index in [0.717, 1.165) is 43.1 Å². The van der Waals surface area contributed by atoms with Crippen LogP contribution in [0.15, 0.2) is 60.8 Å². The van der Waals surface area contributed by atoms with Gasteiger partial charge in [0, 0.05) is 50.5 Å². The van der Waals surface area contributed by atoms with Crippen molar-refractivity contribution < 1.29 is 9.53 Å². The monoisotopic (exact) mass is 447 g/mol. The molecule has 0 saturated carbocycles. The van der Waals surface area contributed by atoms with Gasteiger partial charge in [0.2, 0.25) is 0 Å². The summed E-state index contributed by atoms with van der Waals surface area (Å²) in [5, 5.41) is 7.93. The van der Waals surface area contributed by atoms with Gasteiger partial charge in [-0.2, -0.15) is 5.10 Å². The van der Waals surface area contributed by atoms with Crippen molar-refractivity contribution in [2.45, 2.75) is 19.5 Å². The highest BCUT2D eigenvalue weighted by molar-refractivity contribution is 5.99. The molecule has 4 rings (SSSR count). The van der Waals surface area contributed by atoms with E-state index in [4.69, 9.17) is 9.84 Å². The Morgan fingerprint density at radius 1 is 1.09 bits per heavy atom. The van der Waals surface area contributed by atoms with Crippen molar-refractivity contribution in [3.05, 3.63) is 71.9 Å². The number of amides is 1. The number of ether oxygens (including phenoxy) is 1. The maximum atomic E-state index is 13.3. The molecule has 1 atom stereocenters. The summed E-state index contributed by atoms with van der Waals surface area (Å²) in [6.45, 7) is 7.55. The van der Waals surface area contributed by atoms with Crippen LogP contribution in [0.4, 0.5) is 0 Å². The molecule has 0 bridgehead atoms. The topological polar surface area (TPSA) is 62.6 Å². The van der Waals surface area contributed by atoms with Crippen LogP contribution >= 0.6 is 0 Å². The number of carbonyl (C=O) groups excluding carboxylic acids is 1. The molecule has 1 amide bonds. The highest BCUT2D eigenvalue weighted by Crippen LogP contribution is 2.26. The van der Waals surface area contributed by atoms with Crippen molar-refractivity contribution in [1.82, 2.24) is 24.9 Å². The largest absolute Gasteiger partial charge is 0.497 e. The fraction of sp³-hybridized carbons (Fsp3) is 0.385. The Morgan fingerprint density at radius 2 is 1.85 bits per heavy atom. The lowest BCUT2D eigenvalue weighted by atomic mass is 10.1. The molecule has 2 aromatic carbocycles. The molecule has 7 nitrogen and oxygen atoms in total. The minimum atomic E-state index is -0.104. The smallest absolute Gasteiger partial charge is 0.255 e. The van der Waals surface area contributed by atoms with Crippen molar-refractivity contribution in [2.24, 2.45) is 0 Å². The van der Waals surface area contributed by atoms with Crippen LogP contribution in [0.25, 0.3) is 11.3 Å². The Labute approximate surface area is 196 Å². The Balaban J connectivity index is 1.53. The summed E-state index contributed by atoms with van der Waals surface area (Å²) in [6.07, 6.45) is 1.84. The SMILES string of the molecule is COc1cccc(-c2nn(Cc3ccccc3)cc2C(=O)NCC(C)N2CCN(C)CC2)c1. The average molecular weight is 448 g/mol. The van der Waals surface area contributed by atoms with E-state index in [0.29, 0.717) is 24.3 Å². The summed E-state index contributed by atoms with van der Waals surface area (Å²) in [5.41, 5.74) is 3.23. The summed E-state index contributed by atoms with van der Waals surface area (Å²) in [6, 6.07) is 18.1. The van der Waals surface area contributed by atoms with Gasteiger partial charge < -0.3 is 15.0 Å². The molecule has 1 unspecified atom stereocenters. The van der Waals surface area contributed by atoms with Gasteiger partial charge in [-0.25, -0.2) is 0 Å². The van der Waals surface area contributed by atoms with E-state index >= 15 is 0 Å². The average Bonchev–Trinajstić information content (AvgIpc) is 3.27. The highest BCUT2D eigenvalue weighted by atomic mass is 16.5. The molecule has 0 aliphatic carbocycles.